The monoisotopic (exact) mass is 233 g/mol. The first kappa shape index (κ1) is 11.9. The molecule has 0 radical (unpaired) electrons. The van der Waals surface area contributed by atoms with Crippen LogP contribution in [0.2, 0.25) is 0 Å². The third kappa shape index (κ3) is 2.77. The number of rotatable bonds is 3. The van der Waals surface area contributed by atoms with Gasteiger partial charge in [-0.05, 0) is 37.9 Å². The molecular weight excluding hydrogens is 214 g/mol. The Bertz CT molecular complexity index is 388. The van der Waals surface area contributed by atoms with Gasteiger partial charge in [-0.3, -0.25) is 4.90 Å². The number of aryl methyl sites for hydroxylation is 1. The minimum atomic E-state index is -0.0119. The lowest BCUT2D eigenvalue weighted by Gasteiger charge is -2.33. The normalized spacial score (nSPS) is 20.2. The summed E-state index contributed by atoms with van der Waals surface area (Å²) in [4.78, 5) is 13.6. The number of hydrogen-bond acceptors (Lipinski definition) is 2. The molecule has 0 aliphatic carbocycles. The fourth-order valence-electron chi connectivity index (χ4n) is 2.11. The fourth-order valence-corrected chi connectivity index (χ4v) is 2.11. The van der Waals surface area contributed by atoms with E-state index in [9.17, 15) is 4.79 Å². The van der Waals surface area contributed by atoms with Crippen molar-refractivity contribution >= 4 is 11.7 Å². The highest BCUT2D eigenvalue weighted by Crippen LogP contribution is 2.20. The molecule has 0 bridgehead atoms. The lowest BCUT2D eigenvalue weighted by Crippen LogP contribution is -2.51. The van der Waals surface area contributed by atoms with E-state index >= 15 is 0 Å². The summed E-state index contributed by atoms with van der Waals surface area (Å²) < 4.78 is 0. The first-order chi connectivity index (χ1) is 8.20. The second-order valence-corrected chi connectivity index (χ2v) is 4.58. The molecule has 0 saturated carbocycles. The number of benzene rings is 1. The number of carbonyl (C=O) groups is 1. The van der Waals surface area contributed by atoms with Gasteiger partial charge >= 0.3 is 6.03 Å². The maximum atomic E-state index is 11.8. The molecule has 4 heteroatoms. The predicted molar refractivity (Wildman–Crippen MR) is 69.1 cm³/mol. The number of urea groups is 1. The fraction of sp³-hybridized carbons (Fsp3) is 0.462. The van der Waals surface area contributed by atoms with Crippen LogP contribution in [0.15, 0.2) is 24.3 Å². The second-order valence-electron chi connectivity index (χ2n) is 4.58. The summed E-state index contributed by atoms with van der Waals surface area (Å²) in [6.45, 7) is 4.20. The highest BCUT2D eigenvalue weighted by atomic mass is 16.2. The lowest BCUT2D eigenvalue weighted by molar-refractivity contribution is 0.236. The Morgan fingerprint density at radius 1 is 1.41 bits per heavy atom. The summed E-state index contributed by atoms with van der Waals surface area (Å²) in [5.74, 6) is 0.444. The topological polar surface area (TPSA) is 58.4 Å². The van der Waals surface area contributed by atoms with Crippen molar-refractivity contribution in [2.45, 2.75) is 13.3 Å². The molecule has 1 atom stereocenters. The zero-order valence-corrected chi connectivity index (χ0v) is 10.1. The first-order valence-corrected chi connectivity index (χ1v) is 6.03. The summed E-state index contributed by atoms with van der Waals surface area (Å²) in [6, 6.07) is 8.01. The van der Waals surface area contributed by atoms with Crippen molar-refractivity contribution in [2.75, 3.05) is 24.5 Å². The van der Waals surface area contributed by atoms with Crippen LogP contribution in [0.25, 0.3) is 0 Å². The Hall–Kier alpha value is -1.55. The summed E-state index contributed by atoms with van der Waals surface area (Å²) in [7, 11) is 0. The van der Waals surface area contributed by atoms with Crippen LogP contribution in [0.1, 0.15) is 12.0 Å². The molecule has 1 heterocycles. The molecule has 2 amide bonds. The summed E-state index contributed by atoms with van der Waals surface area (Å²) >= 11 is 0. The van der Waals surface area contributed by atoms with Crippen LogP contribution in [0.5, 0.6) is 0 Å². The average molecular weight is 233 g/mol. The van der Waals surface area contributed by atoms with Gasteiger partial charge in [0.05, 0.1) is 0 Å². The standard InChI is InChI=1S/C13H19N3O/c1-10-2-4-12(5-3-10)16-9-11(6-7-14)8-15-13(16)17/h2-5,11H,6-9,14H2,1H3,(H,15,17). The predicted octanol–water partition coefficient (Wildman–Crippen LogP) is 1.49. The highest BCUT2D eigenvalue weighted by Gasteiger charge is 2.25. The second kappa shape index (κ2) is 5.19. The maximum absolute atomic E-state index is 11.8. The van der Waals surface area contributed by atoms with Crippen LogP contribution >= 0.6 is 0 Å². The maximum Gasteiger partial charge on any atom is 0.321 e. The van der Waals surface area contributed by atoms with Crippen molar-refractivity contribution in [1.82, 2.24) is 5.32 Å². The molecular formula is C13H19N3O. The van der Waals surface area contributed by atoms with Crippen LogP contribution in [0.4, 0.5) is 10.5 Å². The van der Waals surface area contributed by atoms with Gasteiger partial charge in [-0.25, -0.2) is 4.79 Å². The number of nitrogens with zero attached hydrogens (tertiary/aromatic N) is 1. The van der Waals surface area contributed by atoms with Crippen molar-refractivity contribution in [3.63, 3.8) is 0 Å². The number of hydrogen-bond donors (Lipinski definition) is 2. The molecule has 0 aromatic heterocycles. The molecule has 17 heavy (non-hydrogen) atoms. The van der Waals surface area contributed by atoms with E-state index in [-0.39, 0.29) is 6.03 Å². The molecule has 4 nitrogen and oxygen atoms in total. The quantitative estimate of drug-likeness (QED) is 0.831. The Morgan fingerprint density at radius 2 is 2.12 bits per heavy atom. The molecule has 1 aliphatic rings. The van der Waals surface area contributed by atoms with E-state index in [0.717, 1.165) is 25.2 Å². The van der Waals surface area contributed by atoms with Gasteiger partial charge in [0.25, 0.3) is 0 Å². The number of nitrogens with one attached hydrogen (secondary N) is 1. The third-order valence-corrected chi connectivity index (χ3v) is 3.15. The van der Waals surface area contributed by atoms with Gasteiger partial charge in [0, 0.05) is 18.8 Å². The number of amides is 2. The van der Waals surface area contributed by atoms with Crippen LogP contribution in [-0.4, -0.2) is 25.7 Å². The molecule has 1 aromatic carbocycles. The van der Waals surface area contributed by atoms with E-state index in [1.54, 1.807) is 4.90 Å². The van der Waals surface area contributed by atoms with E-state index in [1.165, 1.54) is 5.56 Å². The molecule has 1 aromatic rings. The van der Waals surface area contributed by atoms with Crippen molar-refractivity contribution in [3.8, 4) is 0 Å². The molecule has 1 unspecified atom stereocenters. The smallest absolute Gasteiger partial charge is 0.321 e. The Kier molecular flexibility index (Phi) is 3.64. The van der Waals surface area contributed by atoms with Gasteiger partial charge < -0.3 is 11.1 Å². The Labute approximate surface area is 102 Å². The molecule has 1 aliphatic heterocycles. The molecule has 1 fully saturated rings. The van der Waals surface area contributed by atoms with Gasteiger partial charge in [-0.15, -0.1) is 0 Å². The van der Waals surface area contributed by atoms with E-state index in [4.69, 9.17) is 5.73 Å². The SMILES string of the molecule is Cc1ccc(N2CC(CCN)CNC2=O)cc1. The molecule has 2 rings (SSSR count). The third-order valence-electron chi connectivity index (χ3n) is 3.15. The van der Waals surface area contributed by atoms with Crippen LogP contribution < -0.4 is 16.0 Å². The largest absolute Gasteiger partial charge is 0.337 e. The van der Waals surface area contributed by atoms with Crippen LogP contribution in [-0.2, 0) is 0 Å². The Balaban J connectivity index is 2.12. The van der Waals surface area contributed by atoms with Gasteiger partial charge in [0.2, 0.25) is 0 Å². The van der Waals surface area contributed by atoms with E-state index in [2.05, 4.69) is 5.32 Å². The van der Waals surface area contributed by atoms with Gasteiger partial charge in [0.15, 0.2) is 0 Å². The molecule has 0 spiro atoms. The van der Waals surface area contributed by atoms with Gasteiger partial charge in [-0.2, -0.15) is 0 Å². The number of carbonyl (C=O) groups excluding carboxylic acids is 1. The van der Waals surface area contributed by atoms with E-state index in [1.807, 2.05) is 31.2 Å². The van der Waals surface area contributed by atoms with Crippen LogP contribution in [0, 0.1) is 12.8 Å². The summed E-state index contributed by atoms with van der Waals surface area (Å²) in [5.41, 5.74) is 7.72. The van der Waals surface area contributed by atoms with Crippen molar-refractivity contribution < 1.29 is 4.79 Å². The van der Waals surface area contributed by atoms with E-state index in [0.29, 0.717) is 12.5 Å². The lowest BCUT2D eigenvalue weighted by atomic mass is 10.0. The van der Waals surface area contributed by atoms with Crippen LogP contribution in [0.3, 0.4) is 0 Å². The zero-order chi connectivity index (χ0) is 12.3. The number of anilines is 1. The summed E-state index contributed by atoms with van der Waals surface area (Å²) in [6.07, 6.45) is 0.947. The zero-order valence-electron chi connectivity index (χ0n) is 10.1. The Morgan fingerprint density at radius 3 is 2.76 bits per heavy atom. The van der Waals surface area contributed by atoms with E-state index < -0.39 is 0 Å². The van der Waals surface area contributed by atoms with Gasteiger partial charge in [0.1, 0.15) is 0 Å². The molecule has 3 N–H and O–H groups in total. The molecule has 92 valence electrons. The minimum Gasteiger partial charge on any atom is -0.337 e. The first-order valence-electron chi connectivity index (χ1n) is 6.03. The van der Waals surface area contributed by atoms with Gasteiger partial charge in [-0.1, -0.05) is 17.7 Å². The summed E-state index contributed by atoms with van der Waals surface area (Å²) in [5, 5.41) is 2.91. The van der Waals surface area contributed by atoms with Crippen molar-refractivity contribution in [3.05, 3.63) is 29.8 Å². The highest BCUT2D eigenvalue weighted by molar-refractivity contribution is 5.92. The van der Waals surface area contributed by atoms with Crippen molar-refractivity contribution in [2.24, 2.45) is 11.7 Å². The minimum absolute atomic E-state index is 0.0119. The molecule has 1 saturated heterocycles. The average Bonchev–Trinajstić information content (AvgIpc) is 2.33. The van der Waals surface area contributed by atoms with Crippen molar-refractivity contribution in [1.29, 1.82) is 0 Å². The number of nitrogens with two attached hydrogens (primary N) is 1.